The SMILES string of the molecule is CC(C)(C)c1cc(CCC(=O)N/N=C\c2ccc(Oc3ccc([N+](=O)[O-])cc3[N+](=O)[O-])cc2)cc(C(C)(C)C)c1O. The maximum absolute atomic E-state index is 12.5. The van der Waals surface area contributed by atoms with Gasteiger partial charge in [-0.15, -0.1) is 0 Å². The zero-order chi connectivity index (χ0) is 30.5. The molecule has 1 amide bonds. The first-order valence-electron chi connectivity index (χ1n) is 13.0. The minimum Gasteiger partial charge on any atom is -0.507 e. The van der Waals surface area contributed by atoms with Crippen LogP contribution < -0.4 is 10.2 Å². The van der Waals surface area contributed by atoms with Crippen molar-refractivity contribution < 1.29 is 24.5 Å². The van der Waals surface area contributed by atoms with Crippen molar-refractivity contribution in [2.24, 2.45) is 5.10 Å². The normalized spacial score (nSPS) is 11.9. The molecule has 41 heavy (non-hydrogen) atoms. The number of carbonyl (C=O) groups excluding carboxylic acids is 1. The van der Waals surface area contributed by atoms with Gasteiger partial charge in [0, 0.05) is 12.5 Å². The van der Waals surface area contributed by atoms with Crippen LogP contribution in [0.3, 0.4) is 0 Å². The van der Waals surface area contributed by atoms with Crippen molar-refractivity contribution in [2.75, 3.05) is 0 Å². The van der Waals surface area contributed by atoms with Gasteiger partial charge in [0.05, 0.1) is 22.1 Å². The molecule has 0 heterocycles. The number of phenols is 1. The van der Waals surface area contributed by atoms with Crippen molar-refractivity contribution >= 4 is 23.5 Å². The average Bonchev–Trinajstić information content (AvgIpc) is 2.87. The van der Waals surface area contributed by atoms with Gasteiger partial charge in [-0.05, 0) is 69.8 Å². The van der Waals surface area contributed by atoms with E-state index in [2.05, 4.69) is 10.5 Å². The highest BCUT2D eigenvalue weighted by molar-refractivity contribution is 5.82. The Labute approximate surface area is 238 Å². The molecule has 11 heteroatoms. The van der Waals surface area contributed by atoms with E-state index in [9.17, 15) is 30.1 Å². The van der Waals surface area contributed by atoms with Crippen LogP contribution in [0.5, 0.6) is 17.2 Å². The van der Waals surface area contributed by atoms with Gasteiger partial charge in [-0.3, -0.25) is 25.0 Å². The Hall–Kier alpha value is -4.80. The molecule has 2 N–H and O–H groups in total. The molecule has 0 aliphatic heterocycles. The molecule has 0 fully saturated rings. The van der Waals surface area contributed by atoms with Crippen LogP contribution in [0.2, 0.25) is 0 Å². The Morgan fingerprint density at radius 1 is 0.927 bits per heavy atom. The molecule has 0 spiro atoms. The summed E-state index contributed by atoms with van der Waals surface area (Å²) in [5.41, 5.74) is 4.34. The largest absolute Gasteiger partial charge is 0.507 e. The quantitative estimate of drug-likeness (QED) is 0.167. The van der Waals surface area contributed by atoms with Crippen molar-refractivity contribution in [1.29, 1.82) is 0 Å². The summed E-state index contributed by atoms with van der Waals surface area (Å²) in [5, 5.41) is 37.1. The van der Waals surface area contributed by atoms with Crippen molar-refractivity contribution in [3.05, 3.63) is 97.1 Å². The number of ether oxygens (including phenoxy) is 1. The number of aromatic hydroxyl groups is 1. The third-order valence-electron chi connectivity index (χ3n) is 6.29. The number of nitrogens with zero attached hydrogens (tertiary/aromatic N) is 3. The number of nitro benzene ring substituents is 2. The number of carbonyl (C=O) groups is 1. The van der Waals surface area contributed by atoms with Crippen molar-refractivity contribution in [2.45, 2.75) is 65.2 Å². The van der Waals surface area contributed by atoms with Crippen LogP contribution in [0.1, 0.15) is 70.2 Å². The number of rotatable bonds is 9. The van der Waals surface area contributed by atoms with Crippen molar-refractivity contribution in [3.63, 3.8) is 0 Å². The Kier molecular flexibility index (Phi) is 9.11. The van der Waals surface area contributed by atoms with Gasteiger partial charge < -0.3 is 9.84 Å². The Balaban J connectivity index is 1.62. The number of hydrogen-bond acceptors (Lipinski definition) is 8. The second kappa shape index (κ2) is 12.2. The summed E-state index contributed by atoms with van der Waals surface area (Å²) < 4.78 is 5.55. The van der Waals surface area contributed by atoms with Gasteiger partial charge >= 0.3 is 5.69 Å². The Morgan fingerprint density at radius 2 is 1.51 bits per heavy atom. The lowest BCUT2D eigenvalue weighted by molar-refractivity contribution is -0.394. The third-order valence-corrected chi connectivity index (χ3v) is 6.29. The standard InChI is InChI=1S/C30H34N4O7/c1-29(2,3)23-15-20(16-24(28(23)36)30(4,5)6)9-14-27(35)32-31-18-19-7-11-22(12-8-19)41-26-13-10-21(33(37)38)17-25(26)34(39)40/h7-8,10-13,15-18,36H,9,14H2,1-6H3,(H,32,35)/b31-18-. The van der Waals surface area contributed by atoms with E-state index in [1.165, 1.54) is 12.3 Å². The number of benzene rings is 3. The van der Waals surface area contributed by atoms with E-state index in [0.29, 0.717) is 17.7 Å². The van der Waals surface area contributed by atoms with Gasteiger partial charge in [0.1, 0.15) is 11.5 Å². The average molecular weight is 563 g/mol. The molecule has 11 nitrogen and oxygen atoms in total. The molecular formula is C30H34N4O7. The fraction of sp³-hybridized carbons (Fsp3) is 0.333. The first-order chi connectivity index (χ1) is 19.1. The molecule has 216 valence electrons. The monoisotopic (exact) mass is 562 g/mol. The predicted octanol–water partition coefficient (Wildman–Crippen LogP) is 6.68. The van der Waals surface area contributed by atoms with E-state index in [1.807, 2.05) is 53.7 Å². The molecule has 0 aliphatic carbocycles. The van der Waals surface area contributed by atoms with Crippen molar-refractivity contribution in [3.8, 4) is 17.2 Å². The highest BCUT2D eigenvalue weighted by Crippen LogP contribution is 2.40. The fourth-order valence-electron chi connectivity index (χ4n) is 4.07. The molecule has 0 atom stereocenters. The van der Waals surface area contributed by atoms with E-state index in [0.717, 1.165) is 28.8 Å². The van der Waals surface area contributed by atoms with Crippen LogP contribution in [0.15, 0.2) is 59.7 Å². The van der Waals surface area contributed by atoms with Crippen LogP contribution in [-0.4, -0.2) is 27.1 Å². The summed E-state index contributed by atoms with van der Waals surface area (Å²) in [6.45, 7) is 12.2. The van der Waals surface area contributed by atoms with E-state index in [4.69, 9.17) is 4.74 Å². The minimum atomic E-state index is -0.749. The molecule has 0 aromatic heterocycles. The van der Waals surface area contributed by atoms with E-state index < -0.39 is 21.2 Å². The van der Waals surface area contributed by atoms with E-state index in [-0.39, 0.29) is 34.7 Å². The molecule has 3 aromatic rings. The van der Waals surface area contributed by atoms with Crippen LogP contribution in [0.4, 0.5) is 11.4 Å². The summed E-state index contributed by atoms with van der Waals surface area (Å²) in [7, 11) is 0. The maximum Gasteiger partial charge on any atom is 0.318 e. The summed E-state index contributed by atoms with van der Waals surface area (Å²) in [6, 6.07) is 13.4. The van der Waals surface area contributed by atoms with E-state index >= 15 is 0 Å². The lowest BCUT2D eigenvalue weighted by atomic mass is 9.78. The van der Waals surface area contributed by atoms with Crippen LogP contribution in [0.25, 0.3) is 0 Å². The van der Waals surface area contributed by atoms with Crippen LogP contribution >= 0.6 is 0 Å². The van der Waals surface area contributed by atoms with Gasteiger partial charge in [-0.2, -0.15) is 5.10 Å². The zero-order valence-corrected chi connectivity index (χ0v) is 23.9. The van der Waals surface area contributed by atoms with Gasteiger partial charge in [0.2, 0.25) is 11.7 Å². The maximum atomic E-state index is 12.5. The molecule has 0 bridgehead atoms. The van der Waals surface area contributed by atoms with Gasteiger partial charge in [-0.25, -0.2) is 5.43 Å². The number of hydrazone groups is 1. The third kappa shape index (κ3) is 8.10. The highest BCUT2D eigenvalue weighted by Gasteiger charge is 2.26. The smallest absolute Gasteiger partial charge is 0.318 e. The molecule has 0 saturated carbocycles. The molecule has 0 saturated heterocycles. The molecule has 0 unspecified atom stereocenters. The Morgan fingerprint density at radius 3 is 2.02 bits per heavy atom. The zero-order valence-electron chi connectivity index (χ0n) is 23.9. The van der Waals surface area contributed by atoms with E-state index in [1.54, 1.807) is 24.3 Å². The molecule has 0 aliphatic rings. The first-order valence-corrected chi connectivity index (χ1v) is 13.0. The number of hydrogen-bond donors (Lipinski definition) is 2. The summed E-state index contributed by atoms with van der Waals surface area (Å²) >= 11 is 0. The van der Waals surface area contributed by atoms with Gasteiger partial charge in [0.15, 0.2) is 0 Å². The predicted molar refractivity (Wildman–Crippen MR) is 156 cm³/mol. The summed E-state index contributed by atoms with van der Waals surface area (Å²) in [5.74, 6) is 0.174. The van der Waals surface area contributed by atoms with Gasteiger partial charge in [0.25, 0.3) is 5.69 Å². The number of nitro groups is 2. The van der Waals surface area contributed by atoms with Crippen LogP contribution in [0, 0.1) is 20.2 Å². The number of nitrogens with one attached hydrogen (secondary N) is 1. The van der Waals surface area contributed by atoms with Crippen molar-refractivity contribution in [1.82, 2.24) is 5.43 Å². The number of aryl methyl sites for hydroxylation is 1. The molecule has 3 aromatic carbocycles. The second-order valence-corrected chi connectivity index (χ2v) is 11.7. The highest BCUT2D eigenvalue weighted by atomic mass is 16.6. The minimum absolute atomic E-state index is 0.132. The Bertz CT molecular complexity index is 1450. The summed E-state index contributed by atoms with van der Waals surface area (Å²) in [6.07, 6.45) is 2.14. The molecular weight excluding hydrogens is 528 g/mol. The molecule has 3 rings (SSSR count). The second-order valence-electron chi connectivity index (χ2n) is 11.7. The number of phenolic OH excluding ortho intramolecular Hbond substituents is 1. The fourth-order valence-corrected chi connectivity index (χ4v) is 4.07. The van der Waals surface area contributed by atoms with Crippen LogP contribution in [-0.2, 0) is 22.0 Å². The topological polar surface area (TPSA) is 157 Å². The summed E-state index contributed by atoms with van der Waals surface area (Å²) in [4.78, 5) is 33.2. The lowest BCUT2D eigenvalue weighted by Gasteiger charge is -2.28. The van der Waals surface area contributed by atoms with Gasteiger partial charge in [-0.1, -0.05) is 53.7 Å². The number of amides is 1. The molecule has 0 radical (unpaired) electrons. The number of non-ortho nitro benzene ring substituents is 1. The first kappa shape index (κ1) is 30.7. The lowest BCUT2D eigenvalue weighted by Crippen LogP contribution is -2.20.